The summed E-state index contributed by atoms with van der Waals surface area (Å²) in [4.78, 5) is 16.0. The van der Waals surface area contributed by atoms with Crippen molar-refractivity contribution in [3.05, 3.63) is 85.2 Å². The summed E-state index contributed by atoms with van der Waals surface area (Å²) in [6, 6.07) is 17.4. The maximum Gasteiger partial charge on any atom is 0.234 e. The fourth-order valence-corrected chi connectivity index (χ4v) is 3.28. The molecule has 8 heteroatoms. The highest BCUT2D eigenvalue weighted by atomic mass is 32.2. The Hall–Kier alpha value is -3.52. The van der Waals surface area contributed by atoms with Crippen LogP contribution in [0.1, 0.15) is 0 Å². The zero-order valence-electron chi connectivity index (χ0n) is 15.2. The van der Waals surface area contributed by atoms with Crippen LogP contribution in [0.4, 0.5) is 10.1 Å². The molecule has 0 aliphatic heterocycles. The number of imidazole rings is 1. The van der Waals surface area contributed by atoms with Crippen LogP contribution in [-0.2, 0) is 4.79 Å². The average Bonchev–Trinajstić information content (AvgIpc) is 3.28. The maximum absolute atomic E-state index is 13.2. The molecule has 0 radical (unpaired) electrons. The molecule has 0 saturated heterocycles. The topological polar surface area (TPSA) is 72.7 Å². The predicted octanol–water partition coefficient (Wildman–Crippen LogP) is 4.20. The Balaban J connectivity index is 1.35. The van der Waals surface area contributed by atoms with E-state index in [2.05, 4.69) is 20.5 Å². The van der Waals surface area contributed by atoms with Gasteiger partial charge in [-0.1, -0.05) is 30.0 Å². The minimum absolute atomic E-state index is 0.157. The Bertz CT molecular complexity index is 1100. The number of rotatable bonds is 6. The Kier molecular flexibility index (Phi) is 5.62. The van der Waals surface area contributed by atoms with Crippen LogP contribution < -0.4 is 5.32 Å². The molecule has 0 fully saturated rings. The van der Waals surface area contributed by atoms with Crippen LogP contribution in [0, 0.1) is 5.82 Å². The molecule has 2 aromatic heterocycles. The van der Waals surface area contributed by atoms with Crippen LogP contribution in [0.3, 0.4) is 0 Å². The van der Waals surface area contributed by atoms with E-state index in [1.807, 2.05) is 47.2 Å². The van der Waals surface area contributed by atoms with Crippen molar-refractivity contribution in [2.75, 3.05) is 11.1 Å². The molecule has 2 heterocycles. The minimum Gasteiger partial charge on any atom is -0.325 e. The molecule has 0 spiro atoms. The van der Waals surface area contributed by atoms with Gasteiger partial charge in [0.1, 0.15) is 10.8 Å². The van der Waals surface area contributed by atoms with E-state index in [4.69, 9.17) is 0 Å². The van der Waals surface area contributed by atoms with Crippen molar-refractivity contribution in [1.82, 2.24) is 19.7 Å². The number of nitrogens with one attached hydrogen (secondary N) is 1. The van der Waals surface area contributed by atoms with E-state index in [-0.39, 0.29) is 11.7 Å². The fraction of sp³-hybridized carbons (Fsp3) is 0.0476. The van der Waals surface area contributed by atoms with E-state index in [0.717, 1.165) is 16.9 Å². The highest BCUT2D eigenvalue weighted by molar-refractivity contribution is 7.99. The highest BCUT2D eigenvalue weighted by Gasteiger charge is 2.07. The molecular weight excluding hydrogens is 389 g/mol. The standard InChI is InChI=1S/C21H16FN5OS/c22-16-2-1-3-17(12-16)24-20(28)13-29-21-9-8-19(25-26-21)15-4-6-18(7-5-15)27-11-10-23-14-27/h1-12,14H,13H2,(H,24,28). The van der Waals surface area contributed by atoms with Gasteiger partial charge in [0.2, 0.25) is 5.91 Å². The van der Waals surface area contributed by atoms with Gasteiger partial charge in [-0.2, -0.15) is 0 Å². The number of thioether (sulfide) groups is 1. The lowest BCUT2D eigenvalue weighted by atomic mass is 10.1. The number of aromatic nitrogens is 4. The number of carbonyl (C=O) groups excluding carboxylic acids is 1. The van der Waals surface area contributed by atoms with Crippen LogP contribution in [0.5, 0.6) is 0 Å². The molecule has 0 aliphatic rings. The number of benzene rings is 2. The molecular formula is C21H16FN5OS. The first-order valence-electron chi connectivity index (χ1n) is 8.78. The van der Waals surface area contributed by atoms with Crippen molar-refractivity contribution < 1.29 is 9.18 Å². The molecule has 0 bridgehead atoms. The molecule has 29 heavy (non-hydrogen) atoms. The third kappa shape index (κ3) is 4.85. The minimum atomic E-state index is -0.394. The van der Waals surface area contributed by atoms with Crippen LogP contribution in [0.15, 0.2) is 84.4 Å². The number of halogens is 1. The first-order valence-corrected chi connectivity index (χ1v) is 9.77. The molecule has 0 aliphatic carbocycles. The quantitative estimate of drug-likeness (QED) is 0.487. The summed E-state index contributed by atoms with van der Waals surface area (Å²) in [5, 5.41) is 11.7. The first kappa shape index (κ1) is 18.8. The van der Waals surface area contributed by atoms with E-state index >= 15 is 0 Å². The first-order chi connectivity index (χ1) is 14.2. The number of carbonyl (C=O) groups is 1. The number of nitrogens with zero attached hydrogens (tertiary/aromatic N) is 4. The Morgan fingerprint density at radius 1 is 1.07 bits per heavy atom. The summed E-state index contributed by atoms with van der Waals surface area (Å²) in [6.45, 7) is 0. The summed E-state index contributed by atoms with van der Waals surface area (Å²) in [5.74, 6) is -0.471. The second-order valence-corrected chi connectivity index (χ2v) is 7.12. The lowest BCUT2D eigenvalue weighted by Gasteiger charge is -2.06. The van der Waals surface area contributed by atoms with Gasteiger partial charge in [-0.15, -0.1) is 10.2 Å². The lowest BCUT2D eigenvalue weighted by Crippen LogP contribution is -2.14. The number of anilines is 1. The summed E-state index contributed by atoms with van der Waals surface area (Å²) < 4.78 is 15.1. The summed E-state index contributed by atoms with van der Waals surface area (Å²) in [7, 11) is 0. The zero-order chi connectivity index (χ0) is 20.1. The van der Waals surface area contributed by atoms with Gasteiger partial charge in [-0.3, -0.25) is 4.79 Å². The number of amides is 1. The Morgan fingerprint density at radius 3 is 2.62 bits per heavy atom. The molecule has 6 nitrogen and oxygen atoms in total. The Morgan fingerprint density at radius 2 is 1.93 bits per heavy atom. The van der Waals surface area contributed by atoms with Crippen LogP contribution in [0.2, 0.25) is 0 Å². The third-order valence-electron chi connectivity index (χ3n) is 4.07. The number of hydrogen-bond acceptors (Lipinski definition) is 5. The Labute approximate surface area is 170 Å². The van der Waals surface area contributed by atoms with Crippen molar-refractivity contribution >= 4 is 23.4 Å². The SMILES string of the molecule is O=C(CSc1ccc(-c2ccc(-n3ccnc3)cc2)nn1)Nc1cccc(F)c1. The largest absolute Gasteiger partial charge is 0.325 e. The van der Waals surface area contributed by atoms with Gasteiger partial charge >= 0.3 is 0 Å². The van der Waals surface area contributed by atoms with Crippen molar-refractivity contribution in [1.29, 1.82) is 0 Å². The van der Waals surface area contributed by atoms with Gasteiger partial charge in [0.15, 0.2) is 0 Å². The summed E-state index contributed by atoms with van der Waals surface area (Å²) >= 11 is 1.27. The summed E-state index contributed by atoms with van der Waals surface area (Å²) in [6.07, 6.45) is 5.35. The smallest absolute Gasteiger partial charge is 0.234 e. The van der Waals surface area contributed by atoms with Gasteiger partial charge in [-0.25, -0.2) is 9.37 Å². The molecule has 2 aromatic carbocycles. The van der Waals surface area contributed by atoms with E-state index in [0.29, 0.717) is 10.7 Å². The summed E-state index contributed by atoms with van der Waals surface area (Å²) in [5.41, 5.74) is 3.13. The van der Waals surface area contributed by atoms with E-state index in [1.165, 1.54) is 23.9 Å². The molecule has 0 atom stereocenters. The van der Waals surface area contributed by atoms with E-state index in [9.17, 15) is 9.18 Å². The average molecular weight is 405 g/mol. The normalized spacial score (nSPS) is 10.7. The second-order valence-electron chi connectivity index (χ2n) is 6.12. The van der Waals surface area contributed by atoms with E-state index in [1.54, 1.807) is 24.7 Å². The third-order valence-corrected chi connectivity index (χ3v) is 4.99. The van der Waals surface area contributed by atoms with Crippen LogP contribution >= 0.6 is 11.8 Å². The number of hydrogen-bond donors (Lipinski definition) is 1. The van der Waals surface area contributed by atoms with Gasteiger partial charge in [0, 0.05) is 29.3 Å². The maximum atomic E-state index is 13.2. The van der Waals surface area contributed by atoms with Crippen molar-refractivity contribution in [2.45, 2.75) is 5.03 Å². The van der Waals surface area contributed by atoms with Crippen molar-refractivity contribution in [3.8, 4) is 16.9 Å². The fourth-order valence-electron chi connectivity index (χ4n) is 2.67. The van der Waals surface area contributed by atoms with E-state index < -0.39 is 5.82 Å². The predicted molar refractivity (Wildman–Crippen MR) is 110 cm³/mol. The van der Waals surface area contributed by atoms with Crippen LogP contribution in [-0.4, -0.2) is 31.4 Å². The molecule has 4 rings (SSSR count). The van der Waals surface area contributed by atoms with Crippen molar-refractivity contribution in [2.24, 2.45) is 0 Å². The zero-order valence-corrected chi connectivity index (χ0v) is 16.0. The monoisotopic (exact) mass is 405 g/mol. The highest BCUT2D eigenvalue weighted by Crippen LogP contribution is 2.21. The van der Waals surface area contributed by atoms with Gasteiger partial charge in [-0.05, 0) is 42.5 Å². The van der Waals surface area contributed by atoms with Gasteiger partial charge in [0.25, 0.3) is 0 Å². The van der Waals surface area contributed by atoms with Crippen molar-refractivity contribution in [3.63, 3.8) is 0 Å². The molecule has 0 unspecified atom stereocenters. The van der Waals surface area contributed by atoms with Crippen LogP contribution in [0.25, 0.3) is 16.9 Å². The molecule has 0 saturated carbocycles. The van der Waals surface area contributed by atoms with Gasteiger partial charge < -0.3 is 9.88 Å². The molecule has 1 amide bonds. The molecule has 144 valence electrons. The lowest BCUT2D eigenvalue weighted by molar-refractivity contribution is -0.113. The molecule has 4 aromatic rings. The molecule has 1 N–H and O–H groups in total. The second kappa shape index (κ2) is 8.66. The van der Waals surface area contributed by atoms with Gasteiger partial charge in [0.05, 0.1) is 17.8 Å².